The Bertz CT molecular complexity index is 634. The van der Waals surface area contributed by atoms with E-state index in [0.717, 1.165) is 24.4 Å². The molecule has 0 radical (unpaired) electrons. The summed E-state index contributed by atoms with van der Waals surface area (Å²) in [4.78, 5) is 4.48. The van der Waals surface area contributed by atoms with E-state index in [0.29, 0.717) is 17.5 Å². The summed E-state index contributed by atoms with van der Waals surface area (Å²) in [6, 6.07) is 6.04. The molecule has 0 aliphatic carbocycles. The van der Waals surface area contributed by atoms with Crippen LogP contribution in [0, 0.1) is 0 Å². The van der Waals surface area contributed by atoms with Crippen molar-refractivity contribution in [2.75, 3.05) is 0 Å². The van der Waals surface area contributed by atoms with Gasteiger partial charge in [0.25, 0.3) is 0 Å². The molecule has 1 aromatic heterocycles. The molecule has 0 amide bonds. The van der Waals surface area contributed by atoms with Crippen molar-refractivity contribution in [2.24, 2.45) is 0 Å². The number of halogens is 1. The van der Waals surface area contributed by atoms with Crippen LogP contribution in [0.2, 0.25) is 5.02 Å². The van der Waals surface area contributed by atoms with Gasteiger partial charge in [0.2, 0.25) is 0 Å². The molecular formula is C17H21ClN2O. The fourth-order valence-electron chi connectivity index (χ4n) is 2.74. The van der Waals surface area contributed by atoms with E-state index in [9.17, 15) is 0 Å². The van der Waals surface area contributed by atoms with Crippen LogP contribution in [-0.2, 0) is 19.6 Å². The van der Waals surface area contributed by atoms with E-state index in [1.807, 2.05) is 18.3 Å². The third-order valence-corrected chi connectivity index (χ3v) is 4.35. The maximum atomic E-state index is 6.31. The second-order valence-corrected chi connectivity index (χ2v) is 6.31. The first-order valence-electron chi connectivity index (χ1n) is 7.60. The molecule has 0 saturated carbocycles. The molecule has 0 fully saturated rings. The van der Waals surface area contributed by atoms with Crippen LogP contribution in [0.4, 0.5) is 0 Å². The minimum absolute atomic E-state index is 0.471. The lowest BCUT2D eigenvalue weighted by Crippen LogP contribution is -2.14. The van der Waals surface area contributed by atoms with Crippen molar-refractivity contribution in [2.45, 2.75) is 52.2 Å². The molecular weight excluding hydrogens is 284 g/mol. The number of hydrogen-bond acceptors (Lipinski definition) is 2. The quantitative estimate of drug-likeness (QED) is 0.827. The summed E-state index contributed by atoms with van der Waals surface area (Å²) < 4.78 is 8.17. The minimum atomic E-state index is 0.471. The molecule has 1 aromatic carbocycles. The lowest BCUT2D eigenvalue weighted by atomic mass is 10.0. The monoisotopic (exact) mass is 304 g/mol. The molecule has 21 heavy (non-hydrogen) atoms. The largest absolute Gasteiger partial charge is 0.486 e. The average molecular weight is 305 g/mol. The zero-order valence-electron chi connectivity index (χ0n) is 12.6. The van der Waals surface area contributed by atoms with E-state index in [1.54, 1.807) is 0 Å². The molecule has 0 unspecified atom stereocenters. The van der Waals surface area contributed by atoms with E-state index in [1.165, 1.54) is 24.2 Å². The molecule has 3 rings (SSSR count). The van der Waals surface area contributed by atoms with Gasteiger partial charge in [0.1, 0.15) is 18.2 Å². The molecule has 4 heteroatoms. The average Bonchev–Trinajstić information content (AvgIpc) is 2.89. The van der Waals surface area contributed by atoms with Crippen LogP contribution in [-0.4, -0.2) is 9.55 Å². The highest BCUT2D eigenvalue weighted by Crippen LogP contribution is 2.29. The first-order chi connectivity index (χ1) is 10.1. The van der Waals surface area contributed by atoms with Crippen LogP contribution < -0.4 is 4.74 Å². The third-order valence-electron chi connectivity index (χ3n) is 4.05. The van der Waals surface area contributed by atoms with Gasteiger partial charge in [-0.2, -0.15) is 0 Å². The van der Waals surface area contributed by atoms with Crippen molar-refractivity contribution in [1.82, 2.24) is 9.55 Å². The topological polar surface area (TPSA) is 27.1 Å². The van der Waals surface area contributed by atoms with Gasteiger partial charge in [-0.15, -0.1) is 0 Å². The van der Waals surface area contributed by atoms with Gasteiger partial charge in [-0.3, -0.25) is 0 Å². The molecule has 1 aliphatic rings. The van der Waals surface area contributed by atoms with Gasteiger partial charge in [-0.1, -0.05) is 31.5 Å². The molecule has 1 aliphatic heterocycles. The number of benzene rings is 1. The van der Waals surface area contributed by atoms with Gasteiger partial charge >= 0.3 is 0 Å². The Morgan fingerprint density at radius 3 is 2.95 bits per heavy atom. The number of nitrogens with zero attached hydrogens (tertiary/aromatic N) is 2. The van der Waals surface area contributed by atoms with Crippen LogP contribution >= 0.6 is 11.6 Å². The van der Waals surface area contributed by atoms with E-state index in [2.05, 4.69) is 29.5 Å². The number of rotatable bonds is 4. The second-order valence-electron chi connectivity index (χ2n) is 5.91. The van der Waals surface area contributed by atoms with Gasteiger partial charge in [-0.25, -0.2) is 4.98 Å². The van der Waals surface area contributed by atoms with Crippen LogP contribution in [0.1, 0.15) is 49.7 Å². The summed E-state index contributed by atoms with van der Waals surface area (Å²) in [5.74, 6) is 2.40. The van der Waals surface area contributed by atoms with E-state index < -0.39 is 0 Å². The number of aryl methyl sites for hydroxylation is 1. The van der Waals surface area contributed by atoms with Gasteiger partial charge in [-0.05, 0) is 36.5 Å². The fourth-order valence-corrected chi connectivity index (χ4v) is 2.98. The number of hydrogen-bond donors (Lipinski definition) is 0. The molecule has 3 nitrogen and oxygen atoms in total. The van der Waals surface area contributed by atoms with Crippen molar-refractivity contribution in [3.63, 3.8) is 0 Å². The van der Waals surface area contributed by atoms with Crippen LogP contribution in [0.5, 0.6) is 5.75 Å². The summed E-state index contributed by atoms with van der Waals surface area (Å²) in [6.07, 6.45) is 5.46. The minimum Gasteiger partial charge on any atom is -0.486 e. The third kappa shape index (κ3) is 3.08. The Balaban J connectivity index is 1.72. The van der Waals surface area contributed by atoms with Crippen molar-refractivity contribution < 1.29 is 4.74 Å². The smallest absolute Gasteiger partial charge is 0.138 e. The predicted molar refractivity (Wildman–Crippen MR) is 85.0 cm³/mol. The maximum Gasteiger partial charge on any atom is 0.138 e. The Kier molecular flexibility index (Phi) is 4.20. The summed E-state index contributed by atoms with van der Waals surface area (Å²) in [5, 5.41) is 0.680. The van der Waals surface area contributed by atoms with E-state index in [-0.39, 0.29) is 0 Å². The number of imidazole rings is 1. The zero-order chi connectivity index (χ0) is 14.8. The van der Waals surface area contributed by atoms with Crippen LogP contribution in [0.3, 0.4) is 0 Å². The Labute approximate surface area is 130 Å². The normalized spacial score (nSPS) is 14.3. The van der Waals surface area contributed by atoms with E-state index in [4.69, 9.17) is 16.3 Å². The second kappa shape index (κ2) is 6.10. The molecule has 0 saturated heterocycles. The van der Waals surface area contributed by atoms with Crippen LogP contribution in [0.25, 0.3) is 0 Å². The standard InChI is InChI=1S/C17H21ClN2O/c1-12(2)13-6-7-16(15(18)9-13)21-11-14-10-19-17-5-3-4-8-20(14)17/h6-7,9-10,12H,3-5,8,11H2,1-2H3. The first-order valence-corrected chi connectivity index (χ1v) is 7.98. The summed E-state index contributed by atoms with van der Waals surface area (Å²) in [6.45, 7) is 5.89. The van der Waals surface area contributed by atoms with Gasteiger partial charge in [0.05, 0.1) is 16.9 Å². The fraction of sp³-hybridized carbons (Fsp3) is 0.471. The van der Waals surface area contributed by atoms with Gasteiger partial charge in [0, 0.05) is 13.0 Å². The van der Waals surface area contributed by atoms with Gasteiger partial charge < -0.3 is 9.30 Å². The predicted octanol–water partition coefficient (Wildman–Crippen LogP) is 4.58. The SMILES string of the molecule is CC(C)c1ccc(OCc2cnc3n2CCCC3)c(Cl)c1. The highest BCUT2D eigenvalue weighted by atomic mass is 35.5. The molecule has 112 valence electrons. The molecule has 0 atom stereocenters. The molecule has 2 aromatic rings. The number of ether oxygens (including phenoxy) is 1. The highest BCUT2D eigenvalue weighted by Gasteiger charge is 2.14. The Morgan fingerprint density at radius 1 is 1.33 bits per heavy atom. The van der Waals surface area contributed by atoms with E-state index >= 15 is 0 Å². The summed E-state index contributed by atoms with van der Waals surface area (Å²) in [7, 11) is 0. The maximum absolute atomic E-state index is 6.31. The number of aromatic nitrogens is 2. The summed E-state index contributed by atoms with van der Waals surface area (Å²) in [5.41, 5.74) is 2.36. The zero-order valence-corrected chi connectivity index (χ0v) is 13.4. The Hall–Kier alpha value is -1.48. The Morgan fingerprint density at radius 2 is 2.19 bits per heavy atom. The highest BCUT2D eigenvalue weighted by molar-refractivity contribution is 6.32. The molecule has 0 spiro atoms. The van der Waals surface area contributed by atoms with Gasteiger partial charge in [0.15, 0.2) is 0 Å². The first kappa shape index (κ1) is 14.5. The lowest BCUT2D eigenvalue weighted by Gasteiger charge is -2.17. The summed E-state index contributed by atoms with van der Waals surface area (Å²) >= 11 is 6.31. The lowest BCUT2D eigenvalue weighted by molar-refractivity contribution is 0.292. The van der Waals surface area contributed by atoms with Crippen molar-refractivity contribution in [3.8, 4) is 5.75 Å². The molecule has 0 bridgehead atoms. The van der Waals surface area contributed by atoms with Crippen molar-refractivity contribution in [1.29, 1.82) is 0 Å². The van der Waals surface area contributed by atoms with Crippen molar-refractivity contribution >= 4 is 11.6 Å². The molecule has 0 N–H and O–H groups in total. The van der Waals surface area contributed by atoms with Crippen molar-refractivity contribution in [3.05, 3.63) is 46.5 Å². The molecule has 2 heterocycles. The van der Waals surface area contributed by atoms with Crippen LogP contribution in [0.15, 0.2) is 24.4 Å². The number of fused-ring (bicyclic) bond motifs is 1.